The minimum absolute atomic E-state index is 0.0518. The summed E-state index contributed by atoms with van der Waals surface area (Å²) < 4.78 is 5.55. The van der Waals surface area contributed by atoms with Crippen LogP contribution in [-0.2, 0) is 17.8 Å². The van der Waals surface area contributed by atoms with Crippen molar-refractivity contribution in [2.75, 3.05) is 19.7 Å². The third-order valence-electron chi connectivity index (χ3n) is 5.28. The van der Waals surface area contributed by atoms with Crippen LogP contribution in [0.5, 0.6) is 5.75 Å². The highest BCUT2D eigenvalue weighted by Crippen LogP contribution is 2.25. The molecule has 6 heteroatoms. The van der Waals surface area contributed by atoms with Gasteiger partial charge in [0, 0.05) is 26.1 Å². The lowest BCUT2D eigenvalue weighted by Gasteiger charge is -2.29. The van der Waals surface area contributed by atoms with Crippen molar-refractivity contribution in [1.29, 1.82) is 0 Å². The van der Waals surface area contributed by atoms with Gasteiger partial charge < -0.3 is 9.64 Å². The van der Waals surface area contributed by atoms with Crippen LogP contribution in [0.3, 0.4) is 0 Å². The van der Waals surface area contributed by atoms with Gasteiger partial charge in [-0.1, -0.05) is 18.2 Å². The predicted octanol–water partition coefficient (Wildman–Crippen LogP) is 2.66. The molecule has 0 aliphatic carbocycles. The summed E-state index contributed by atoms with van der Waals surface area (Å²) in [5.74, 6) is 0.114. The first kappa shape index (κ1) is 18.2. The topological polar surface area (TPSA) is 66.9 Å². The zero-order valence-electron chi connectivity index (χ0n) is 15.8. The molecule has 0 saturated carbocycles. The Hall–Kier alpha value is -3.15. The standard InChI is InChI=1S/C22H22N2O4/c1-2-28-17-8-7-15-9-11-23(14-16(15)13-17)20(25)10-12-24-21(26)18-5-3-4-6-19(18)22(24)27/h3-8,13H,2,9-12,14H2,1H3. The van der Waals surface area contributed by atoms with E-state index in [9.17, 15) is 14.4 Å². The first-order valence-corrected chi connectivity index (χ1v) is 9.56. The van der Waals surface area contributed by atoms with Gasteiger partial charge >= 0.3 is 0 Å². The second-order valence-corrected chi connectivity index (χ2v) is 6.99. The second kappa shape index (κ2) is 7.46. The van der Waals surface area contributed by atoms with Crippen molar-refractivity contribution < 1.29 is 19.1 Å². The fraction of sp³-hybridized carbons (Fsp3) is 0.318. The van der Waals surface area contributed by atoms with Crippen molar-refractivity contribution in [3.63, 3.8) is 0 Å². The number of rotatable bonds is 5. The molecule has 144 valence electrons. The number of fused-ring (bicyclic) bond motifs is 2. The summed E-state index contributed by atoms with van der Waals surface area (Å²) >= 11 is 0. The lowest BCUT2D eigenvalue weighted by atomic mass is 9.99. The van der Waals surface area contributed by atoms with E-state index in [-0.39, 0.29) is 30.7 Å². The van der Waals surface area contributed by atoms with Gasteiger partial charge in [0.05, 0.1) is 17.7 Å². The molecule has 0 unspecified atom stereocenters. The molecule has 4 rings (SSSR count). The minimum Gasteiger partial charge on any atom is -0.494 e. The van der Waals surface area contributed by atoms with E-state index in [0.717, 1.165) is 17.7 Å². The van der Waals surface area contributed by atoms with Gasteiger partial charge in [-0.05, 0) is 48.7 Å². The van der Waals surface area contributed by atoms with E-state index in [0.29, 0.717) is 30.8 Å². The summed E-state index contributed by atoms with van der Waals surface area (Å²) in [6.45, 7) is 3.81. The van der Waals surface area contributed by atoms with Gasteiger partial charge in [-0.2, -0.15) is 0 Å². The normalized spacial score (nSPS) is 15.5. The lowest BCUT2D eigenvalue weighted by Crippen LogP contribution is -2.39. The highest BCUT2D eigenvalue weighted by molar-refractivity contribution is 6.21. The molecular weight excluding hydrogens is 356 g/mol. The van der Waals surface area contributed by atoms with Gasteiger partial charge in [-0.3, -0.25) is 19.3 Å². The van der Waals surface area contributed by atoms with Crippen molar-refractivity contribution in [2.24, 2.45) is 0 Å². The Bertz CT molecular complexity index is 918. The molecule has 28 heavy (non-hydrogen) atoms. The fourth-order valence-electron chi connectivity index (χ4n) is 3.81. The molecule has 0 radical (unpaired) electrons. The highest BCUT2D eigenvalue weighted by atomic mass is 16.5. The van der Waals surface area contributed by atoms with E-state index in [1.165, 1.54) is 10.5 Å². The summed E-state index contributed by atoms with van der Waals surface area (Å²) in [6.07, 6.45) is 0.923. The maximum Gasteiger partial charge on any atom is 0.261 e. The Kier molecular flexibility index (Phi) is 4.86. The summed E-state index contributed by atoms with van der Waals surface area (Å²) in [4.78, 5) is 40.5. The van der Waals surface area contributed by atoms with Crippen molar-refractivity contribution in [3.05, 3.63) is 64.7 Å². The Morgan fingerprint density at radius 2 is 1.75 bits per heavy atom. The first-order valence-electron chi connectivity index (χ1n) is 9.56. The fourth-order valence-corrected chi connectivity index (χ4v) is 3.81. The average Bonchev–Trinajstić information content (AvgIpc) is 2.96. The van der Waals surface area contributed by atoms with Crippen LogP contribution in [0.2, 0.25) is 0 Å². The van der Waals surface area contributed by atoms with Crippen LogP contribution in [0.15, 0.2) is 42.5 Å². The van der Waals surface area contributed by atoms with Gasteiger partial charge in [-0.25, -0.2) is 0 Å². The minimum atomic E-state index is -0.321. The average molecular weight is 378 g/mol. The Morgan fingerprint density at radius 1 is 1.04 bits per heavy atom. The second-order valence-electron chi connectivity index (χ2n) is 6.99. The van der Waals surface area contributed by atoms with Crippen LogP contribution >= 0.6 is 0 Å². The van der Waals surface area contributed by atoms with E-state index in [1.54, 1.807) is 29.2 Å². The number of benzene rings is 2. The molecule has 2 aromatic rings. The largest absolute Gasteiger partial charge is 0.494 e. The number of hydrogen-bond donors (Lipinski definition) is 0. The lowest BCUT2D eigenvalue weighted by molar-refractivity contribution is -0.132. The summed E-state index contributed by atoms with van der Waals surface area (Å²) in [7, 11) is 0. The quantitative estimate of drug-likeness (QED) is 0.751. The molecule has 0 N–H and O–H groups in total. The summed E-state index contributed by atoms with van der Waals surface area (Å²) in [5, 5.41) is 0. The van der Waals surface area contributed by atoms with Gasteiger partial charge in [0.2, 0.25) is 5.91 Å². The third-order valence-corrected chi connectivity index (χ3v) is 5.28. The SMILES string of the molecule is CCOc1ccc2c(c1)CN(C(=O)CCN1C(=O)c3ccccc3C1=O)CC2. The Labute approximate surface area is 163 Å². The van der Waals surface area contributed by atoms with Crippen molar-refractivity contribution in [2.45, 2.75) is 26.3 Å². The molecule has 0 spiro atoms. The number of amides is 3. The third kappa shape index (κ3) is 3.26. The van der Waals surface area contributed by atoms with Gasteiger partial charge in [0.1, 0.15) is 5.75 Å². The highest BCUT2D eigenvalue weighted by Gasteiger charge is 2.35. The molecule has 2 heterocycles. The van der Waals surface area contributed by atoms with Gasteiger partial charge in [0.15, 0.2) is 0 Å². The number of hydrogen-bond acceptors (Lipinski definition) is 4. The van der Waals surface area contributed by atoms with Crippen molar-refractivity contribution in [3.8, 4) is 5.75 Å². The molecule has 0 saturated heterocycles. The Balaban J connectivity index is 1.39. The predicted molar refractivity (Wildman–Crippen MR) is 103 cm³/mol. The zero-order chi connectivity index (χ0) is 19.7. The van der Waals surface area contributed by atoms with Crippen molar-refractivity contribution in [1.82, 2.24) is 9.80 Å². The Morgan fingerprint density at radius 3 is 2.43 bits per heavy atom. The number of imide groups is 1. The maximum atomic E-state index is 12.7. The van der Waals surface area contributed by atoms with Crippen LogP contribution in [0.1, 0.15) is 45.2 Å². The van der Waals surface area contributed by atoms with E-state index in [1.807, 2.05) is 19.1 Å². The van der Waals surface area contributed by atoms with Crippen molar-refractivity contribution >= 4 is 17.7 Å². The smallest absolute Gasteiger partial charge is 0.261 e. The van der Waals surface area contributed by atoms with Gasteiger partial charge in [-0.15, -0.1) is 0 Å². The van der Waals surface area contributed by atoms with E-state index < -0.39 is 0 Å². The molecule has 0 atom stereocenters. The first-order chi connectivity index (χ1) is 13.6. The van der Waals surface area contributed by atoms with Crippen LogP contribution in [0, 0.1) is 0 Å². The zero-order valence-corrected chi connectivity index (χ0v) is 15.8. The monoisotopic (exact) mass is 378 g/mol. The van der Waals surface area contributed by atoms with Crippen LogP contribution in [0.25, 0.3) is 0 Å². The molecule has 0 aromatic heterocycles. The molecule has 0 bridgehead atoms. The van der Waals surface area contributed by atoms with Crippen LogP contribution in [-0.4, -0.2) is 47.2 Å². The van der Waals surface area contributed by atoms with E-state index in [4.69, 9.17) is 4.74 Å². The van der Waals surface area contributed by atoms with Crippen LogP contribution < -0.4 is 4.74 Å². The molecule has 2 aliphatic rings. The van der Waals surface area contributed by atoms with E-state index in [2.05, 4.69) is 6.07 Å². The molecule has 2 aliphatic heterocycles. The molecular formula is C22H22N2O4. The number of ether oxygens (including phenoxy) is 1. The van der Waals surface area contributed by atoms with E-state index >= 15 is 0 Å². The molecule has 3 amide bonds. The number of carbonyl (C=O) groups is 3. The molecule has 6 nitrogen and oxygen atoms in total. The molecule has 0 fully saturated rings. The number of nitrogens with zero attached hydrogens (tertiary/aromatic N) is 2. The maximum absolute atomic E-state index is 12.7. The summed E-state index contributed by atoms with van der Waals surface area (Å²) in [5.41, 5.74) is 3.14. The molecule has 2 aromatic carbocycles. The van der Waals surface area contributed by atoms with Crippen LogP contribution in [0.4, 0.5) is 0 Å². The number of carbonyl (C=O) groups excluding carboxylic acids is 3. The summed E-state index contributed by atoms with van der Waals surface area (Å²) in [6, 6.07) is 12.8. The van der Waals surface area contributed by atoms with Gasteiger partial charge in [0.25, 0.3) is 11.8 Å².